The Morgan fingerprint density at radius 1 is 1.39 bits per heavy atom. The topological polar surface area (TPSA) is 91.7 Å². The molecule has 0 aromatic carbocycles. The van der Waals surface area contributed by atoms with Crippen molar-refractivity contribution in [2.45, 2.75) is 25.1 Å². The Labute approximate surface area is 102 Å². The van der Waals surface area contributed by atoms with Crippen LogP contribution in [0.3, 0.4) is 0 Å². The summed E-state index contributed by atoms with van der Waals surface area (Å²) >= 11 is 0. The first-order chi connectivity index (χ1) is 8.03. The number of aliphatic hydroxyl groups excluding tert-OH is 1. The van der Waals surface area contributed by atoms with Crippen LogP contribution in [0.2, 0.25) is 0 Å². The Bertz CT molecular complexity index is 416. The molecule has 1 rings (SSSR count). The summed E-state index contributed by atoms with van der Waals surface area (Å²) < 4.78 is 58.8. The second-order valence-corrected chi connectivity index (χ2v) is 6.63. The van der Waals surface area contributed by atoms with E-state index in [1.54, 1.807) is 0 Å². The average molecular weight is 290 g/mol. The van der Waals surface area contributed by atoms with Crippen molar-refractivity contribution in [1.82, 2.24) is 0 Å². The Hall–Kier alpha value is -0.830. The van der Waals surface area contributed by atoms with E-state index in [-0.39, 0.29) is 12.2 Å². The van der Waals surface area contributed by atoms with Crippen LogP contribution in [0, 0.1) is 11.8 Å². The summed E-state index contributed by atoms with van der Waals surface area (Å²) in [4.78, 5) is 10.9. The molecule has 2 N–H and O–H groups in total. The molecule has 0 aromatic heterocycles. The summed E-state index contributed by atoms with van der Waals surface area (Å²) in [5.74, 6) is -4.54. The Balaban J connectivity index is 2.76. The summed E-state index contributed by atoms with van der Waals surface area (Å²) in [5.41, 5.74) is 0. The Kier molecular flexibility index (Phi) is 4.26. The number of hydrogen-bond donors (Lipinski definition) is 2. The highest BCUT2D eigenvalue weighted by atomic mass is 32.2. The summed E-state index contributed by atoms with van der Waals surface area (Å²) in [5, 5.41) is 17.7. The maximum Gasteiger partial charge on any atom is 0.414 e. The molecule has 0 spiro atoms. The van der Waals surface area contributed by atoms with Gasteiger partial charge >= 0.3 is 12.1 Å². The quantitative estimate of drug-likeness (QED) is 0.783. The van der Waals surface area contributed by atoms with E-state index in [0.717, 1.165) is 0 Å². The lowest BCUT2D eigenvalue weighted by Gasteiger charge is -2.22. The summed E-state index contributed by atoms with van der Waals surface area (Å²) in [6.07, 6.45) is -8.64. The van der Waals surface area contributed by atoms with E-state index in [2.05, 4.69) is 0 Å². The van der Waals surface area contributed by atoms with Crippen LogP contribution in [0.5, 0.6) is 0 Å². The average Bonchev–Trinajstić information content (AvgIpc) is 2.52. The smallest absolute Gasteiger partial charge is 0.414 e. The summed E-state index contributed by atoms with van der Waals surface area (Å²) in [6.45, 7) is 0. The molecular formula is C9H13F3O5S. The molecule has 5 nitrogen and oxygen atoms in total. The third-order valence-electron chi connectivity index (χ3n) is 3.01. The lowest BCUT2D eigenvalue weighted by Crippen LogP contribution is -2.36. The number of rotatable bonds is 4. The number of carboxylic acid groups (broad SMARTS) is 1. The van der Waals surface area contributed by atoms with Gasteiger partial charge in [0.25, 0.3) is 0 Å². The number of hydrogen-bond acceptors (Lipinski definition) is 4. The van der Waals surface area contributed by atoms with E-state index in [9.17, 15) is 26.4 Å². The molecule has 18 heavy (non-hydrogen) atoms. The second kappa shape index (κ2) is 5.04. The Morgan fingerprint density at radius 2 is 1.94 bits per heavy atom. The van der Waals surface area contributed by atoms with Gasteiger partial charge in [0.2, 0.25) is 0 Å². The van der Waals surface area contributed by atoms with Gasteiger partial charge in [-0.3, -0.25) is 4.79 Å². The van der Waals surface area contributed by atoms with Crippen LogP contribution in [0.25, 0.3) is 0 Å². The Morgan fingerprint density at radius 3 is 2.28 bits per heavy atom. The minimum atomic E-state index is -4.90. The minimum absolute atomic E-state index is 0.0177. The number of aliphatic carboxylic acids is 1. The molecule has 0 saturated carbocycles. The second-order valence-electron chi connectivity index (χ2n) is 4.40. The number of aliphatic hydroxyl groups is 1. The van der Waals surface area contributed by atoms with Crippen LogP contribution in [0.15, 0.2) is 0 Å². The molecule has 3 unspecified atom stereocenters. The van der Waals surface area contributed by atoms with Crippen molar-refractivity contribution in [1.29, 1.82) is 0 Å². The van der Waals surface area contributed by atoms with Gasteiger partial charge in [-0.2, -0.15) is 13.2 Å². The normalized spacial score (nSPS) is 26.8. The first kappa shape index (κ1) is 15.2. The largest absolute Gasteiger partial charge is 0.481 e. The standard InChI is InChI=1S/C9H13F3O5S/c10-9(11,12)7(13)3-6(8(14)15)5-1-2-18(16,17)4-5/h5-7,13H,1-4H2,(H,14,15). The monoisotopic (exact) mass is 290 g/mol. The van der Waals surface area contributed by atoms with Gasteiger partial charge < -0.3 is 10.2 Å². The summed E-state index contributed by atoms with van der Waals surface area (Å²) in [6, 6.07) is 0. The zero-order valence-corrected chi connectivity index (χ0v) is 10.0. The van der Waals surface area contributed by atoms with Crippen molar-refractivity contribution in [2.24, 2.45) is 11.8 Å². The number of alkyl halides is 3. The van der Waals surface area contributed by atoms with Gasteiger partial charge in [0, 0.05) is 0 Å². The van der Waals surface area contributed by atoms with Crippen LogP contribution in [-0.4, -0.2) is 48.4 Å². The molecule has 3 atom stereocenters. The zero-order valence-electron chi connectivity index (χ0n) is 9.22. The van der Waals surface area contributed by atoms with Crippen molar-refractivity contribution in [3.63, 3.8) is 0 Å². The van der Waals surface area contributed by atoms with Gasteiger partial charge in [-0.15, -0.1) is 0 Å². The van der Waals surface area contributed by atoms with E-state index in [1.165, 1.54) is 0 Å². The highest BCUT2D eigenvalue weighted by Gasteiger charge is 2.44. The third-order valence-corrected chi connectivity index (χ3v) is 4.80. The molecule has 0 amide bonds. The van der Waals surface area contributed by atoms with Crippen molar-refractivity contribution < 1.29 is 36.6 Å². The van der Waals surface area contributed by atoms with Crippen molar-refractivity contribution in [3.8, 4) is 0 Å². The highest BCUT2D eigenvalue weighted by molar-refractivity contribution is 7.91. The number of halogens is 3. The minimum Gasteiger partial charge on any atom is -0.481 e. The van der Waals surface area contributed by atoms with Crippen LogP contribution in [0.1, 0.15) is 12.8 Å². The molecule has 0 bridgehead atoms. The first-order valence-corrected chi connectivity index (χ1v) is 7.03. The van der Waals surface area contributed by atoms with E-state index in [4.69, 9.17) is 10.2 Å². The van der Waals surface area contributed by atoms with Gasteiger partial charge in [-0.05, 0) is 18.8 Å². The van der Waals surface area contributed by atoms with E-state index in [0.29, 0.717) is 0 Å². The van der Waals surface area contributed by atoms with E-state index < -0.39 is 52.1 Å². The van der Waals surface area contributed by atoms with Crippen molar-refractivity contribution in [2.75, 3.05) is 11.5 Å². The van der Waals surface area contributed by atoms with Crippen LogP contribution in [-0.2, 0) is 14.6 Å². The van der Waals surface area contributed by atoms with Crippen molar-refractivity contribution >= 4 is 15.8 Å². The molecule has 1 heterocycles. The van der Waals surface area contributed by atoms with Gasteiger partial charge in [-0.25, -0.2) is 8.42 Å². The lowest BCUT2D eigenvalue weighted by molar-refractivity contribution is -0.210. The summed E-state index contributed by atoms with van der Waals surface area (Å²) in [7, 11) is -3.37. The molecule has 106 valence electrons. The molecule has 1 aliphatic heterocycles. The fourth-order valence-electron chi connectivity index (χ4n) is 2.01. The highest BCUT2D eigenvalue weighted by Crippen LogP contribution is 2.33. The maximum atomic E-state index is 12.2. The fourth-order valence-corrected chi connectivity index (χ4v) is 3.89. The molecule has 0 radical (unpaired) electrons. The first-order valence-electron chi connectivity index (χ1n) is 5.21. The van der Waals surface area contributed by atoms with Gasteiger partial charge in [0.1, 0.15) is 0 Å². The SMILES string of the molecule is O=C(O)C(CC(O)C(F)(F)F)C1CCS(=O)(=O)C1. The lowest BCUT2D eigenvalue weighted by atomic mass is 9.87. The predicted octanol–water partition coefficient (Wildman–Crippen LogP) is 0.435. The van der Waals surface area contributed by atoms with E-state index >= 15 is 0 Å². The van der Waals surface area contributed by atoms with Gasteiger partial charge in [0.15, 0.2) is 15.9 Å². The maximum absolute atomic E-state index is 12.2. The molecule has 0 aliphatic carbocycles. The zero-order chi connectivity index (χ0) is 14.1. The van der Waals surface area contributed by atoms with Crippen LogP contribution in [0.4, 0.5) is 13.2 Å². The third kappa shape index (κ3) is 3.84. The van der Waals surface area contributed by atoms with Gasteiger partial charge in [-0.1, -0.05) is 0 Å². The fraction of sp³-hybridized carbons (Fsp3) is 0.889. The number of carboxylic acids is 1. The van der Waals surface area contributed by atoms with Crippen LogP contribution >= 0.6 is 0 Å². The predicted molar refractivity (Wildman–Crippen MR) is 54.6 cm³/mol. The molecule has 1 saturated heterocycles. The van der Waals surface area contributed by atoms with Crippen LogP contribution < -0.4 is 0 Å². The molecular weight excluding hydrogens is 277 g/mol. The van der Waals surface area contributed by atoms with E-state index in [1.807, 2.05) is 0 Å². The number of carbonyl (C=O) groups is 1. The molecule has 0 aromatic rings. The number of sulfone groups is 1. The molecule has 1 fully saturated rings. The van der Waals surface area contributed by atoms with Crippen molar-refractivity contribution in [3.05, 3.63) is 0 Å². The molecule has 9 heteroatoms. The molecule has 1 aliphatic rings. The van der Waals surface area contributed by atoms with Gasteiger partial charge in [0.05, 0.1) is 17.4 Å².